The molecule has 4 rings (SSSR count). The topological polar surface area (TPSA) is 83.7 Å². The highest BCUT2D eigenvalue weighted by atomic mass is 79.9. The maximum atomic E-state index is 12.7. The third kappa shape index (κ3) is 4.99. The Hall–Kier alpha value is -3.19. The Morgan fingerprint density at radius 3 is 2.53 bits per heavy atom. The average Bonchev–Trinajstić information content (AvgIpc) is 3.16. The number of aryl methyl sites for hydroxylation is 1. The van der Waals surface area contributed by atoms with E-state index in [1.54, 1.807) is 12.1 Å². The number of carbonyl (C=O) groups excluding carboxylic acids is 2. The van der Waals surface area contributed by atoms with Gasteiger partial charge < -0.3 is 9.73 Å². The number of rotatable bonds is 6. The van der Waals surface area contributed by atoms with Gasteiger partial charge in [0.2, 0.25) is 0 Å². The summed E-state index contributed by atoms with van der Waals surface area (Å²) in [4.78, 5) is 25.2. The van der Waals surface area contributed by atoms with Gasteiger partial charge in [0.15, 0.2) is 5.76 Å². The SMILES string of the molecule is Cc1c(C(=O)NCCc2ccccc2)oc2c1/C(=N/NC(=O)c1ccc(Br)cc1)CCC2. The van der Waals surface area contributed by atoms with Crippen LogP contribution in [0.25, 0.3) is 0 Å². The van der Waals surface area contributed by atoms with Gasteiger partial charge in [0.25, 0.3) is 11.8 Å². The van der Waals surface area contributed by atoms with Crippen molar-refractivity contribution in [1.82, 2.24) is 10.7 Å². The molecule has 3 aromatic rings. The van der Waals surface area contributed by atoms with Crippen LogP contribution in [0, 0.1) is 6.92 Å². The molecule has 0 radical (unpaired) electrons. The molecule has 2 N–H and O–H groups in total. The summed E-state index contributed by atoms with van der Waals surface area (Å²) < 4.78 is 6.83. The molecule has 0 aliphatic heterocycles. The summed E-state index contributed by atoms with van der Waals surface area (Å²) in [5.74, 6) is 0.554. The van der Waals surface area contributed by atoms with Crippen LogP contribution in [0.15, 0.2) is 68.6 Å². The fraction of sp³-hybridized carbons (Fsp3) is 0.240. The van der Waals surface area contributed by atoms with Crippen LogP contribution >= 0.6 is 15.9 Å². The standard InChI is InChI=1S/C25H24BrN3O3/c1-16-22-20(28-29-24(30)18-10-12-19(26)13-11-18)8-5-9-21(22)32-23(16)25(31)27-15-14-17-6-3-2-4-7-17/h2-4,6-7,10-13H,5,8-9,14-15H2,1H3,(H,27,31)(H,29,30)/b28-20+. The molecule has 1 aliphatic carbocycles. The Morgan fingerprint density at radius 1 is 1.03 bits per heavy atom. The monoisotopic (exact) mass is 493 g/mol. The molecule has 1 heterocycles. The molecule has 2 amide bonds. The van der Waals surface area contributed by atoms with Crippen LogP contribution in [-0.4, -0.2) is 24.1 Å². The summed E-state index contributed by atoms with van der Waals surface area (Å²) in [5.41, 5.74) is 6.66. The molecule has 6 nitrogen and oxygen atoms in total. The van der Waals surface area contributed by atoms with Crippen LogP contribution in [0.3, 0.4) is 0 Å². The largest absolute Gasteiger partial charge is 0.455 e. The summed E-state index contributed by atoms with van der Waals surface area (Å²) >= 11 is 3.36. The Bertz CT molecular complexity index is 1150. The van der Waals surface area contributed by atoms with E-state index < -0.39 is 0 Å². The predicted octanol–water partition coefficient (Wildman–Crippen LogP) is 4.79. The molecular weight excluding hydrogens is 470 g/mol. The number of fused-ring (bicyclic) bond motifs is 1. The van der Waals surface area contributed by atoms with Gasteiger partial charge in [0.05, 0.1) is 5.71 Å². The smallest absolute Gasteiger partial charge is 0.287 e. The molecule has 164 valence electrons. The van der Waals surface area contributed by atoms with Crippen molar-refractivity contribution in [2.75, 3.05) is 6.54 Å². The van der Waals surface area contributed by atoms with Crippen molar-refractivity contribution in [3.05, 3.63) is 92.8 Å². The molecule has 0 bridgehead atoms. The van der Waals surface area contributed by atoms with E-state index in [4.69, 9.17) is 4.42 Å². The first kappa shape index (κ1) is 22.0. The number of carbonyl (C=O) groups is 2. The van der Waals surface area contributed by atoms with Gasteiger partial charge in [-0.15, -0.1) is 0 Å². The molecule has 0 fully saturated rings. The van der Waals surface area contributed by atoms with Gasteiger partial charge in [0, 0.05) is 34.1 Å². The van der Waals surface area contributed by atoms with Crippen molar-refractivity contribution in [1.29, 1.82) is 0 Å². The zero-order valence-corrected chi connectivity index (χ0v) is 19.4. The minimum absolute atomic E-state index is 0.230. The van der Waals surface area contributed by atoms with Crippen molar-refractivity contribution >= 4 is 33.5 Å². The van der Waals surface area contributed by atoms with Gasteiger partial charge in [-0.1, -0.05) is 46.3 Å². The molecular formula is C25H24BrN3O3. The molecule has 0 saturated heterocycles. The number of hydrogen-bond acceptors (Lipinski definition) is 4. The van der Waals surface area contributed by atoms with Gasteiger partial charge >= 0.3 is 0 Å². The maximum absolute atomic E-state index is 12.7. The van der Waals surface area contributed by atoms with E-state index in [0.29, 0.717) is 24.3 Å². The lowest BCUT2D eigenvalue weighted by molar-refractivity contribution is 0.0922. The Kier molecular flexibility index (Phi) is 6.85. The van der Waals surface area contributed by atoms with Crippen LogP contribution in [0.4, 0.5) is 0 Å². The van der Waals surface area contributed by atoms with Crippen molar-refractivity contribution in [3.8, 4) is 0 Å². The Labute approximate surface area is 195 Å². The van der Waals surface area contributed by atoms with E-state index in [1.165, 1.54) is 5.56 Å². The highest BCUT2D eigenvalue weighted by molar-refractivity contribution is 9.10. The number of nitrogens with one attached hydrogen (secondary N) is 2. The van der Waals surface area contributed by atoms with Crippen molar-refractivity contribution < 1.29 is 14.0 Å². The molecule has 2 aromatic carbocycles. The number of halogens is 1. The van der Waals surface area contributed by atoms with Crippen LogP contribution in [0.2, 0.25) is 0 Å². The fourth-order valence-corrected chi connectivity index (χ4v) is 4.09. The lowest BCUT2D eigenvalue weighted by Crippen LogP contribution is -2.26. The maximum Gasteiger partial charge on any atom is 0.287 e. The van der Waals surface area contributed by atoms with E-state index in [9.17, 15) is 9.59 Å². The van der Waals surface area contributed by atoms with Gasteiger partial charge in [-0.2, -0.15) is 5.10 Å². The second kappa shape index (κ2) is 9.96. The molecule has 0 atom stereocenters. The summed E-state index contributed by atoms with van der Waals surface area (Å²) in [6.45, 7) is 2.39. The lowest BCUT2D eigenvalue weighted by atomic mass is 9.93. The van der Waals surface area contributed by atoms with Crippen molar-refractivity contribution in [3.63, 3.8) is 0 Å². The summed E-state index contributed by atoms with van der Waals surface area (Å²) in [6.07, 6.45) is 3.05. The normalized spacial score (nSPS) is 14.1. The summed E-state index contributed by atoms with van der Waals surface area (Å²) in [5, 5.41) is 7.31. The van der Waals surface area contributed by atoms with Gasteiger partial charge in [-0.25, -0.2) is 5.43 Å². The highest BCUT2D eigenvalue weighted by Crippen LogP contribution is 2.29. The zero-order valence-electron chi connectivity index (χ0n) is 17.8. The first-order chi connectivity index (χ1) is 15.5. The molecule has 7 heteroatoms. The van der Waals surface area contributed by atoms with Crippen LogP contribution < -0.4 is 10.7 Å². The summed E-state index contributed by atoms with van der Waals surface area (Å²) in [6, 6.07) is 17.1. The number of amides is 2. The lowest BCUT2D eigenvalue weighted by Gasteiger charge is -2.13. The van der Waals surface area contributed by atoms with E-state index in [2.05, 4.69) is 31.8 Å². The van der Waals surface area contributed by atoms with Gasteiger partial charge in [-0.3, -0.25) is 9.59 Å². The van der Waals surface area contributed by atoms with Crippen molar-refractivity contribution in [2.24, 2.45) is 5.10 Å². The molecule has 0 saturated carbocycles. The second-order valence-corrected chi connectivity index (χ2v) is 8.62. The molecule has 1 aromatic heterocycles. The van der Waals surface area contributed by atoms with E-state index in [0.717, 1.165) is 46.3 Å². The number of furan rings is 1. The van der Waals surface area contributed by atoms with Crippen LogP contribution in [0.5, 0.6) is 0 Å². The van der Waals surface area contributed by atoms with Crippen LogP contribution in [-0.2, 0) is 12.8 Å². The van der Waals surface area contributed by atoms with Crippen molar-refractivity contribution in [2.45, 2.75) is 32.6 Å². The van der Waals surface area contributed by atoms with Gasteiger partial charge in [-0.05, 0) is 56.0 Å². The predicted molar refractivity (Wildman–Crippen MR) is 127 cm³/mol. The first-order valence-corrected chi connectivity index (χ1v) is 11.4. The molecule has 1 aliphatic rings. The fourth-order valence-electron chi connectivity index (χ4n) is 3.83. The quantitative estimate of drug-likeness (QED) is 0.484. The number of hydrazone groups is 1. The molecule has 0 unspecified atom stereocenters. The number of nitrogens with zero attached hydrogens (tertiary/aromatic N) is 1. The first-order valence-electron chi connectivity index (χ1n) is 10.6. The van der Waals surface area contributed by atoms with Crippen LogP contribution in [0.1, 0.15) is 56.2 Å². The average molecular weight is 494 g/mol. The summed E-state index contributed by atoms with van der Waals surface area (Å²) in [7, 11) is 0. The van der Waals surface area contributed by atoms with Gasteiger partial charge in [0.1, 0.15) is 5.76 Å². The minimum Gasteiger partial charge on any atom is -0.455 e. The minimum atomic E-state index is -0.280. The third-order valence-electron chi connectivity index (χ3n) is 5.47. The number of benzene rings is 2. The molecule has 32 heavy (non-hydrogen) atoms. The Balaban J connectivity index is 1.46. The highest BCUT2D eigenvalue weighted by Gasteiger charge is 2.28. The third-order valence-corrected chi connectivity index (χ3v) is 6.00. The van der Waals surface area contributed by atoms with E-state index in [-0.39, 0.29) is 11.8 Å². The zero-order chi connectivity index (χ0) is 22.5. The number of hydrogen-bond donors (Lipinski definition) is 2. The van der Waals surface area contributed by atoms with E-state index in [1.807, 2.05) is 49.4 Å². The second-order valence-electron chi connectivity index (χ2n) is 7.71. The Morgan fingerprint density at radius 2 is 1.78 bits per heavy atom. The molecule has 0 spiro atoms. The van der Waals surface area contributed by atoms with E-state index >= 15 is 0 Å².